The highest BCUT2D eigenvalue weighted by Gasteiger charge is 2.26. The Bertz CT molecular complexity index is 949. The van der Waals surface area contributed by atoms with Gasteiger partial charge < -0.3 is 5.11 Å². The second kappa shape index (κ2) is 7.77. The van der Waals surface area contributed by atoms with Gasteiger partial charge in [-0.25, -0.2) is 17.5 Å². The fourth-order valence-electron chi connectivity index (χ4n) is 2.17. The summed E-state index contributed by atoms with van der Waals surface area (Å²) in [5, 5.41) is 19.9. The van der Waals surface area contributed by atoms with Crippen LogP contribution in [0.15, 0.2) is 47.4 Å². The van der Waals surface area contributed by atoms with Crippen LogP contribution in [-0.4, -0.2) is 24.4 Å². The van der Waals surface area contributed by atoms with E-state index in [0.29, 0.717) is 0 Å². The molecule has 0 unspecified atom stereocenters. The second-order valence-electron chi connectivity index (χ2n) is 5.19. The Balaban J connectivity index is 2.45. The van der Waals surface area contributed by atoms with E-state index in [4.69, 9.17) is 16.7 Å². The molecule has 0 heterocycles. The van der Waals surface area contributed by atoms with E-state index in [1.54, 1.807) is 0 Å². The Kier molecular flexibility index (Phi) is 5.90. The first-order valence-corrected chi connectivity index (χ1v) is 8.90. The largest absolute Gasteiger partial charge is 0.481 e. The van der Waals surface area contributed by atoms with Crippen LogP contribution in [0.4, 0.5) is 10.1 Å². The number of halogens is 2. The maximum Gasteiger partial charge on any atom is 0.305 e. The van der Waals surface area contributed by atoms with Gasteiger partial charge in [0.1, 0.15) is 5.82 Å². The van der Waals surface area contributed by atoms with Gasteiger partial charge in [0.25, 0.3) is 5.69 Å². The first kappa shape index (κ1) is 19.8. The molecular weight excluding hydrogens is 391 g/mol. The molecule has 0 aromatic heterocycles. The van der Waals surface area contributed by atoms with Crippen molar-refractivity contribution in [2.45, 2.75) is 17.4 Å². The number of sulfonamides is 1. The van der Waals surface area contributed by atoms with Gasteiger partial charge in [-0.1, -0.05) is 11.6 Å². The molecule has 0 radical (unpaired) electrons. The number of non-ortho nitro benzene ring substituents is 1. The van der Waals surface area contributed by atoms with Crippen LogP contribution >= 0.6 is 11.6 Å². The third-order valence-electron chi connectivity index (χ3n) is 3.37. The van der Waals surface area contributed by atoms with Crippen molar-refractivity contribution in [1.29, 1.82) is 0 Å². The molecule has 2 aromatic rings. The molecule has 0 aliphatic heterocycles. The number of hydrogen-bond donors (Lipinski definition) is 2. The van der Waals surface area contributed by atoms with Crippen LogP contribution in [0.1, 0.15) is 18.0 Å². The highest BCUT2D eigenvalue weighted by Crippen LogP contribution is 2.30. The quantitative estimate of drug-likeness (QED) is 0.541. The van der Waals surface area contributed by atoms with Gasteiger partial charge in [-0.2, -0.15) is 0 Å². The second-order valence-corrected chi connectivity index (χ2v) is 7.31. The number of carboxylic acids is 1. The van der Waals surface area contributed by atoms with Gasteiger partial charge in [-0.05, 0) is 35.9 Å². The van der Waals surface area contributed by atoms with Crippen LogP contribution in [0, 0.1) is 15.9 Å². The summed E-state index contributed by atoms with van der Waals surface area (Å²) in [6.07, 6.45) is -0.707. The molecule has 0 amide bonds. The Morgan fingerprint density at radius 1 is 1.27 bits per heavy atom. The summed E-state index contributed by atoms with van der Waals surface area (Å²) in [5.41, 5.74) is -0.435. The standard InChI is InChI=1S/C15H12ClFN2O6S/c16-13-6-3-10(19(22)23)7-12(13)14(8-15(20)21)18-26(24,25)11-4-1-9(17)2-5-11/h1-7,14,18H,8H2,(H,20,21)/t14-/m0/s1. The molecule has 138 valence electrons. The van der Waals surface area contributed by atoms with Gasteiger partial charge in [0, 0.05) is 17.2 Å². The minimum absolute atomic E-state index is 0.0383. The summed E-state index contributed by atoms with van der Waals surface area (Å²) >= 11 is 5.97. The van der Waals surface area contributed by atoms with Crippen LogP contribution in [0.3, 0.4) is 0 Å². The van der Waals surface area contributed by atoms with Gasteiger partial charge in [0.2, 0.25) is 10.0 Å². The van der Waals surface area contributed by atoms with E-state index in [1.807, 2.05) is 0 Å². The van der Waals surface area contributed by atoms with Crippen molar-refractivity contribution in [3.05, 3.63) is 69.0 Å². The molecule has 2 N–H and O–H groups in total. The zero-order valence-corrected chi connectivity index (χ0v) is 14.5. The molecule has 8 nitrogen and oxygen atoms in total. The lowest BCUT2D eigenvalue weighted by Gasteiger charge is -2.18. The monoisotopic (exact) mass is 402 g/mol. The van der Waals surface area contributed by atoms with Crippen LogP contribution in [-0.2, 0) is 14.8 Å². The zero-order valence-electron chi connectivity index (χ0n) is 12.9. The van der Waals surface area contributed by atoms with Crippen LogP contribution in [0.5, 0.6) is 0 Å². The van der Waals surface area contributed by atoms with Gasteiger partial charge in [-0.3, -0.25) is 14.9 Å². The van der Waals surface area contributed by atoms with Crippen molar-refractivity contribution < 1.29 is 27.6 Å². The van der Waals surface area contributed by atoms with Crippen molar-refractivity contribution in [3.8, 4) is 0 Å². The van der Waals surface area contributed by atoms with E-state index < -0.39 is 39.2 Å². The van der Waals surface area contributed by atoms with Crippen molar-refractivity contribution in [2.75, 3.05) is 0 Å². The highest BCUT2D eigenvalue weighted by atomic mass is 35.5. The number of nitro groups is 1. The first-order chi connectivity index (χ1) is 12.1. The SMILES string of the molecule is O=C(O)C[C@H](NS(=O)(=O)c1ccc(F)cc1)c1cc([N+](=O)[O-])ccc1Cl. The van der Waals surface area contributed by atoms with E-state index in [2.05, 4.69) is 4.72 Å². The lowest BCUT2D eigenvalue weighted by atomic mass is 10.0. The van der Waals surface area contributed by atoms with E-state index in [-0.39, 0.29) is 21.2 Å². The number of carboxylic acid groups (broad SMARTS) is 1. The smallest absolute Gasteiger partial charge is 0.305 e. The molecule has 26 heavy (non-hydrogen) atoms. The fourth-order valence-corrected chi connectivity index (χ4v) is 3.64. The Labute approximate surface area is 152 Å². The molecule has 0 saturated heterocycles. The summed E-state index contributed by atoms with van der Waals surface area (Å²) < 4.78 is 40.0. The Hall–Kier alpha value is -2.56. The highest BCUT2D eigenvalue weighted by molar-refractivity contribution is 7.89. The van der Waals surface area contributed by atoms with Crippen molar-refractivity contribution >= 4 is 33.3 Å². The number of nitrogens with one attached hydrogen (secondary N) is 1. The molecule has 0 saturated carbocycles. The lowest BCUT2D eigenvalue weighted by molar-refractivity contribution is -0.384. The minimum Gasteiger partial charge on any atom is -0.481 e. The molecule has 0 bridgehead atoms. The number of nitrogens with zero attached hydrogens (tertiary/aromatic N) is 1. The maximum atomic E-state index is 13.0. The minimum atomic E-state index is -4.23. The van der Waals surface area contributed by atoms with Crippen molar-refractivity contribution in [2.24, 2.45) is 0 Å². The predicted molar refractivity (Wildman–Crippen MR) is 89.8 cm³/mol. The Morgan fingerprint density at radius 3 is 2.42 bits per heavy atom. The summed E-state index contributed by atoms with van der Waals surface area (Å²) in [6, 6.07) is 5.80. The van der Waals surface area contributed by atoms with E-state index in [1.165, 1.54) is 6.07 Å². The van der Waals surface area contributed by atoms with Gasteiger partial charge >= 0.3 is 5.97 Å². The number of benzene rings is 2. The van der Waals surface area contributed by atoms with Crippen molar-refractivity contribution in [3.63, 3.8) is 0 Å². The predicted octanol–water partition coefficient (Wildman–Crippen LogP) is 2.88. The molecule has 2 rings (SSSR count). The fraction of sp³-hybridized carbons (Fsp3) is 0.133. The molecule has 11 heteroatoms. The Morgan fingerprint density at radius 2 is 1.88 bits per heavy atom. The topological polar surface area (TPSA) is 127 Å². The van der Waals surface area contributed by atoms with Crippen molar-refractivity contribution in [1.82, 2.24) is 4.72 Å². The normalized spacial score (nSPS) is 12.5. The van der Waals surface area contributed by atoms with E-state index in [0.717, 1.165) is 36.4 Å². The first-order valence-electron chi connectivity index (χ1n) is 7.03. The molecule has 0 spiro atoms. The molecule has 0 aliphatic rings. The average Bonchev–Trinajstić information content (AvgIpc) is 2.54. The number of hydrogen-bond acceptors (Lipinski definition) is 5. The molecule has 1 atom stereocenters. The lowest BCUT2D eigenvalue weighted by Crippen LogP contribution is -2.30. The maximum absolute atomic E-state index is 13.0. The summed E-state index contributed by atoms with van der Waals surface area (Å²) in [7, 11) is -4.23. The number of rotatable bonds is 7. The number of carbonyl (C=O) groups is 1. The van der Waals surface area contributed by atoms with Gasteiger partial charge in [0.15, 0.2) is 0 Å². The van der Waals surface area contributed by atoms with Crippen LogP contribution in [0.2, 0.25) is 5.02 Å². The van der Waals surface area contributed by atoms with Crippen LogP contribution in [0.25, 0.3) is 0 Å². The summed E-state index contributed by atoms with van der Waals surface area (Å²) in [5.74, 6) is -1.99. The average molecular weight is 403 g/mol. The third kappa shape index (κ3) is 4.75. The molecule has 0 aliphatic carbocycles. The van der Waals surface area contributed by atoms with E-state index in [9.17, 15) is 27.7 Å². The molecular formula is C15H12ClFN2O6S. The third-order valence-corrected chi connectivity index (χ3v) is 5.20. The number of aliphatic carboxylic acids is 1. The van der Waals surface area contributed by atoms with Gasteiger partial charge in [-0.15, -0.1) is 0 Å². The molecule has 0 fully saturated rings. The zero-order chi connectivity index (χ0) is 19.5. The summed E-state index contributed by atoms with van der Waals surface area (Å²) in [4.78, 5) is 21.0. The van der Waals surface area contributed by atoms with Gasteiger partial charge in [0.05, 0.1) is 22.3 Å². The van der Waals surface area contributed by atoms with Crippen LogP contribution < -0.4 is 4.72 Å². The summed E-state index contributed by atoms with van der Waals surface area (Å²) in [6.45, 7) is 0. The number of nitro benzene ring substituents is 1. The molecule has 2 aromatic carbocycles. The van der Waals surface area contributed by atoms with E-state index >= 15 is 0 Å².